The summed E-state index contributed by atoms with van der Waals surface area (Å²) in [5.74, 6) is -1.50. The molecule has 76 valence electrons. The monoisotopic (exact) mass is 204 g/mol. The first-order chi connectivity index (χ1) is 7.11. The molecule has 0 saturated carbocycles. The van der Waals surface area contributed by atoms with Gasteiger partial charge in [0.05, 0.1) is 0 Å². The first kappa shape index (κ1) is 9.39. The molecular formula is C10H8N2O3. The Hall–Kier alpha value is -2.17. The van der Waals surface area contributed by atoms with Crippen molar-refractivity contribution in [1.29, 1.82) is 0 Å². The number of Topliss-reactive ketones (excluding diaryl/α,β-unsaturated/α-hetero) is 1. The van der Waals surface area contributed by atoms with E-state index in [9.17, 15) is 9.59 Å². The summed E-state index contributed by atoms with van der Waals surface area (Å²) < 4.78 is 1.39. The maximum absolute atomic E-state index is 11.2. The van der Waals surface area contributed by atoms with Gasteiger partial charge in [-0.2, -0.15) is 0 Å². The third-order valence-electron chi connectivity index (χ3n) is 2.07. The molecule has 2 heterocycles. The SMILES string of the molecule is CC(=O)c1nc2ccccn2c1C(=O)O. The Morgan fingerprint density at radius 3 is 2.73 bits per heavy atom. The number of carbonyl (C=O) groups excluding carboxylic acids is 1. The number of hydrogen-bond donors (Lipinski definition) is 1. The molecule has 0 aliphatic carbocycles. The van der Waals surface area contributed by atoms with Crippen molar-refractivity contribution in [2.75, 3.05) is 0 Å². The number of rotatable bonds is 2. The second-order valence-corrected chi connectivity index (χ2v) is 3.10. The first-order valence-electron chi connectivity index (χ1n) is 4.32. The van der Waals surface area contributed by atoms with Crippen molar-refractivity contribution >= 4 is 17.4 Å². The zero-order valence-corrected chi connectivity index (χ0v) is 7.97. The number of imidazole rings is 1. The van der Waals surface area contributed by atoms with Crippen LogP contribution in [0.15, 0.2) is 24.4 Å². The average molecular weight is 204 g/mol. The third-order valence-corrected chi connectivity index (χ3v) is 2.07. The smallest absolute Gasteiger partial charge is 0.355 e. The molecule has 2 aromatic rings. The molecule has 0 bridgehead atoms. The molecule has 0 radical (unpaired) electrons. The van der Waals surface area contributed by atoms with Crippen LogP contribution in [0.25, 0.3) is 5.65 Å². The van der Waals surface area contributed by atoms with Crippen molar-refractivity contribution in [2.24, 2.45) is 0 Å². The van der Waals surface area contributed by atoms with E-state index in [4.69, 9.17) is 5.11 Å². The maximum Gasteiger partial charge on any atom is 0.355 e. The van der Waals surface area contributed by atoms with Gasteiger partial charge in [0.2, 0.25) is 0 Å². The van der Waals surface area contributed by atoms with Crippen LogP contribution in [0.1, 0.15) is 27.9 Å². The lowest BCUT2D eigenvalue weighted by Gasteiger charge is -1.95. The van der Waals surface area contributed by atoms with Gasteiger partial charge in [-0.15, -0.1) is 0 Å². The number of carboxylic acids is 1. The summed E-state index contributed by atoms with van der Waals surface area (Å²) in [4.78, 5) is 26.2. The fraction of sp³-hybridized carbons (Fsp3) is 0.100. The molecule has 0 amide bonds. The van der Waals surface area contributed by atoms with E-state index in [2.05, 4.69) is 4.98 Å². The molecule has 0 aromatic carbocycles. The van der Waals surface area contributed by atoms with Gasteiger partial charge >= 0.3 is 5.97 Å². The summed E-state index contributed by atoms with van der Waals surface area (Å²) in [6.07, 6.45) is 1.57. The van der Waals surface area contributed by atoms with Crippen molar-refractivity contribution < 1.29 is 14.7 Å². The number of ketones is 1. The summed E-state index contributed by atoms with van der Waals surface area (Å²) in [5.41, 5.74) is 0.368. The minimum atomic E-state index is -1.15. The molecule has 1 N–H and O–H groups in total. The van der Waals surface area contributed by atoms with Gasteiger partial charge in [0.25, 0.3) is 0 Å². The number of aromatic nitrogens is 2. The first-order valence-corrected chi connectivity index (χ1v) is 4.32. The van der Waals surface area contributed by atoms with Crippen LogP contribution in [-0.2, 0) is 0 Å². The number of pyridine rings is 1. The Bertz CT molecular complexity index is 557. The van der Waals surface area contributed by atoms with E-state index in [0.29, 0.717) is 5.65 Å². The standard InChI is InChI=1S/C10H8N2O3/c1-6(13)8-9(10(14)15)12-5-3-2-4-7(12)11-8/h2-5H,1H3,(H,14,15). The van der Waals surface area contributed by atoms with Gasteiger partial charge in [-0.3, -0.25) is 9.20 Å². The molecular weight excluding hydrogens is 196 g/mol. The largest absolute Gasteiger partial charge is 0.476 e. The summed E-state index contributed by atoms with van der Waals surface area (Å²) in [6.45, 7) is 1.30. The fourth-order valence-corrected chi connectivity index (χ4v) is 1.45. The summed E-state index contributed by atoms with van der Waals surface area (Å²) >= 11 is 0. The highest BCUT2D eigenvalue weighted by atomic mass is 16.4. The molecule has 5 nitrogen and oxygen atoms in total. The number of hydrogen-bond acceptors (Lipinski definition) is 3. The lowest BCUT2D eigenvalue weighted by atomic mass is 10.2. The van der Waals surface area contributed by atoms with Crippen molar-refractivity contribution in [3.63, 3.8) is 0 Å². The van der Waals surface area contributed by atoms with Crippen molar-refractivity contribution in [3.8, 4) is 0 Å². The lowest BCUT2D eigenvalue weighted by molar-refractivity contribution is 0.0684. The van der Waals surface area contributed by atoms with Crippen LogP contribution >= 0.6 is 0 Å². The number of fused-ring (bicyclic) bond motifs is 1. The van der Waals surface area contributed by atoms with E-state index in [1.54, 1.807) is 24.4 Å². The Morgan fingerprint density at radius 2 is 2.13 bits per heavy atom. The number of carbonyl (C=O) groups is 2. The lowest BCUT2D eigenvalue weighted by Crippen LogP contribution is -2.07. The zero-order chi connectivity index (χ0) is 11.0. The van der Waals surface area contributed by atoms with Crippen molar-refractivity contribution in [2.45, 2.75) is 6.92 Å². The highest BCUT2D eigenvalue weighted by Gasteiger charge is 2.20. The van der Waals surface area contributed by atoms with E-state index >= 15 is 0 Å². The minimum absolute atomic E-state index is 0.00583. The topological polar surface area (TPSA) is 71.7 Å². The van der Waals surface area contributed by atoms with Crippen LogP contribution in [0.3, 0.4) is 0 Å². The number of aromatic carboxylic acids is 1. The van der Waals surface area contributed by atoms with Crippen LogP contribution in [-0.4, -0.2) is 26.2 Å². The van der Waals surface area contributed by atoms with Crippen LogP contribution < -0.4 is 0 Å². The van der Waals surface area contributed by atoms with E-state index in [-0.39, 0.29) is 17.2 Å². The van der Waals surface area contributed by atoms with Gasteiger partial charge in [-0.1, -0.05) is 6.07 Å². The highest BCUT2D eigenvalue weighted by molar-refractivity contribution is 6.03. The van der Waals surface area contributed by atoms with Gasteiger partial charge < -0.3 is 5.11 Å². The van der Waals surface area contributed by atoms with Gasteiger partial charge in [-0.25, -0.2) is 9.78 Å². The Balaban J connectivity index is 2.86. The molecule has 0 aliphatic heterocycles. The molecule has 0 unspecified atom stereocenters. The molecule has 0 atom stereocenters. The Kier molecular flexibility index (Phi) is 2.00. The third kappa shape index (κ3) is 1.38. The van der Waals surface area contributed by atoms with E-state index in [1.807, 2.05) is 0 Å². The highest BCUT2D eigenvalue weighted by Crippen LogP contribution is 2.13. The quantitative estimate of drug-likeness (QED) is 0.747. The molecule has 0 fully saturated rings. The average Bonchev–Trinajstić information content (AvgIpc) is 2.56. The molecule has 2 aromatic heterocycles. The van der Waals surface area contributed by atoms with Gasteiger partial charge in [0.1, 0.15) is 11.3 Å². The number of carboxylic acid groups (broad SMARTS) is 1. The molecule has 0 aliphatic rings. The predicted octanol–water partition coefficient (Wildman–Crippen LogP) is 1.24. The molecule has 2 rings (SSSR count). The summed E-state index contributed by atoms with van der Waals surface area (Å²) in [7, 11) is 0. The van der Waals surface area contributed by atoms with E-state index in [0.717, 1.165) is 0 Å². The van der Waals surface area contributed by atoms with Crippen LogP contribution in [0.2, 0.25) is 0 Å². The molecule has 15 heavy (non-hydrogen) atoms. The predicted molar refractivity (Wildman–Crippen MR) is 52.2 cm³/mol. The number of nitrogens with zero attached hydrogens (tertiary/aromatic N) is 2. The van der Waals surface area contributed by atoms with E-state index < -0.39 is 5.97 Å². The van der Waals surface area contributed by atoms with E-state index in [1.165, 1.54) is 11.3 Å². The Morgan fingerprint density at radius 1 is 1.40 bits per heavy atom. The van der Waals surface area contributed by atoms with Crippen LogP contribution in [0.5, 0.6) is 0 Å². The fourth-order valence-electron chi connectivity index (χ4n) is 1.45. The van der Waals surface area contributed by atoms with Crippen LogP contribution in [0.4, 0.5) is 0 Å². The molecule has 0 spiro atoms. The minimum Gasteiger partial charge on any atom is -0.476 e. The van der Waals surface area contributed by atoms with Crippen molar-refractivity contribution in [1.82, 2.24) is 9.38 Å². The van der Waals surface area contributed by atoms with Crippen molar-refractivity contribution in [3.05, 3.63) is 35.8 Å². The van der Waals surface area contributed by atoms with Crippen LogP contribution in [0, 0.1) is 0 Å². The second kappa shape index (κ2) is 3.20. The van der Waals surface area contributed by atoms with Gasteiger partial charge in [-0.05, 0) is 12.1 Å². The second-order valence-electron chi connectivity index (χ2n) is 3.10. The summed E-state index contributed by atoms with van der Waals surface area (Å²) in [6, 6.07) is 5.07. The normalized spacial score (nSPS) is 10.5. The summed E-state index contributed by atoms with van der Waals surface area (Å²) in [5, 5.41) is 8.99. The zero-order valence-electron chi connectivity index (χ0n) is 7.97. The Labute approximate surface area is 85.0 Å². The molecule has 5 heteroatoms. The maximum atomic E-state index is 11.2. The van der Waals surface area contributed by atoms with Gasteiger partial charge in [0.15, 0.2) is 11.5 Å². The molecule has 0 saturated heterocycles. The van der Waals surface area contributed by atoms with Gasteiger partial charge in [0, 0.05) is 13.1 Å².